The Kier molecular flexibility index (Phi) is 5.67. The molecule has 1 aromatic rings. The molecular formula is C15H26N4O4S. The Morgan fingerprint density at radius 2 is 1.88 bits per heavy atom. The van der Waals surface area contributed by atoms with Gasteiger partial charge in [0, 0.05) is 33.1 Å². The molecule has 2 heterocycles. The normalized spacial score (nSPS) is 22.0. The van der Waals surface area contributed by atoms with Gasteiger partial charge in [0.25, 0.3) is 0 Å². The molecule has 9 heteroatoms. The van der Waals surface area contributed by atoms with E-state index in [2.05, 4.69) is 9.82 Å². The lowest BCUT2D eigenvalue weighted by atomic mass is 10.2. The molecule has 1 aliphatic heterocycles. The molecule has 1 N–H and O–H groups in total. The first-order valence-corrected chi connectivity index (χ1v) is 9.53. The molecule has 0 aromatic carbocycles. The van der Waals surface area contributed by atoms with Gasteiger partial charge < -0.3 is 9.64 Å². The number of hydrogen-bond donors (Lipinski definition) is 1. The van der Waals surface area contributed by atoms with Gasteiger partial charge in [-0.2, -0.15) is 5.10 Å². The van der Waals surface area contributed by atoms with E-state index in [1.807, 2.05) is 13.8 Å². The second-order valence-corrected chi connectivity index (χ2v) is 8.03. The van der Waals surface area contributed by atoms with E-state index >= 15 is 0 Å². The Bertz CT molecular complexity index is 703. The van der Waals surface area contributed by atoms with Crippen LogP contribution < -0.4 is 4.72 Å². The van der Waals surface area contributed by atoms with Crippen LogP contribution >= 0.6 is 0 Å². The van der Waals surface area contributed by atoms with Crippen molar-refractivity contribution in [3.8, 4) is 0 Å². The van der Waals surface area contributed by atoms with Gasteiger partial charge in [-0.05, 0) is 27.7 Å². The number of sulfonamides is 1. The third-order valence-electron chi connectivity index (χ3n) is 4.11. The summed E-state index contributed by atoms with van der Waals surface area (Å²) >= 11 is 0. The van der Waals surface area contributed by atoms with Gasteiger partial charge in [0.05, 0.1) is 23.6 Å². The number of nitrogens with zero attached hydrogens (tertiary/aromatic N) is 3. The molecule has 2 rings (SSSR count). The number of rotatable bonds is 5. The topological polar surface area (TPSA) is 93.5 Å². The summed E-state index contributed by atoms with van der Waals surface area (Å²) in [5.41, 5.74) is 1.02. The maximum atomic E-state index is 12.4. The molecule has 0 bridgehead atoms. The number of hydrogen-bond acceptors (Lipinski definition) is 5. The standard InChI is InChI=1S/C15H26N4O4S/c1-10-8-19(9-11(2)23-10)14(20)6-7-16-24(21,22)15-12(3)17-18(5)13(15)4/h10-11,16H,6-9H2,1-5H3. The first-order chi connectivity index (χ1) is 11.1. The van der Waals surface area contributed by atoms with Gasteiger partial charge in [-0.3, -0.25) is 9.48 Å². The van der Waals surface area contributed by atoms with Crippen molar-refractivity contribution in [2.24, 2.45) is 7.05 Å². The van der Waals surface area contributed by atoms with Crippen LogP contribution in [0.15, 0.2) is 4.90 Å². The highest BCUT2D eigenvalue weighted by molar-refractivity contribution is 7.89. The molecule has 136 valence electrons. The Balaban J connectivity index is 1.94. The van der Waals surface area contributed by atoms with Gasteiger partial charge in [-0.15, -0.1) is 0 Å². The van der Waals surface area contributed by atoms with Crippen LogP contribution in [-0.2, 0) is 26.6 Å². The monoisotopic (exact) mass is 358 g/mol. The molecule has 1 fully saturated rings. The highest BCUT2D eigenvalue weighted by Crippen LogP contribution is 2.18. The molecule has 0 radical (unpaired) electrons. The number of aromatic nitrogens is 2. The molecular weight excluding hydrogens is 332 g/mol. The highest BCUT2D eigenvalue weighted by Gasteiger charge is 2.27. The van der Waals surface area contributed by atoms with Crippen molar-refractivity contribution >= 4 is 15.9 Å². The zero-order valence-corrected chi connectivity index (χ0v) is 15.7. The Morgan fingerprint density at radius 3 is 2.38 bits per heavy atom. The largest absolute Gasteiger partial charge is 0.372 e. The van der Waals surface area contributed by atoms with E-state index in [1.165, 1.54) is 4.68 Å². The fourth-order valence-corrected chi connectivity index (χ4v) is 4.51. The van der Waals surface area contributed by atoms with Crippen molar-refractivity contribution in [1.29, 1.82) is 0 Å². The summed E-state index contributed by atoms with van der Waals surface area (Å²) in [6, 6.07) is 0. The van der Waals surface area contributed by atoms with Gasteiger partial charge in [0.2, 0.25) is 15.9 Å². The van der Waals surface area contributed by atoms with Crippen molar-refractivity contribution in [3.05, 3.63) is 11.4 Å². The van der Waals surface area contributed by atoms with E-state index in [1.54, 1.807) is 25.8 Å². The molecule has 8 nitrogen and oxygen atoms in total. The summed E-state index contributed by atoms with van der Waals surface area (Å²) in [5, 5.41) is 4.12. The minimum atomic E-state index is -3.68. The number of carbonyl (C=O) groups is 1. The van der Waals surface area contributed by atoms with Crippen molar-refractivity contribution in [3.63, 3.8) is 0 Å². The number of carbonyl (C=O) groups excluding carboxylic acids is 1. The van der Waals surface area contributed by atoms with Gasteiger partial charge >= 0.3 is 0 Å². The first kappa shape index (κ1) is 18.9. The van der Waals surface area contributed by atoms with Gasteiger partial charge in [-0.1, -0.05) is 0 Å². The summed E-state index contributed by atoms with van der Waals surface area (Å²) in [6.07, 6.45) is 0.113. The SMILES string of the molecule is Cc1nn(C)c(C)c1S(=O)(=O)NCCC(=O)N1CC(C)OC(C)C1. The predicted octanol–water partition coefficient (Wildman–Crippen LogP) is 0.341. The molecule has 0 saturated carbocycles. The van der Waals surface area contributed by atoms with E-state index in [9.17, 15) is 13.2 Å². The molecule has 0 spiro atoms. The third-order valence-corrected chi connectivity index (χ3v) is 5.83. The van der Waals surface area contributed by atoms with Gasteiger partial charge in [0.15, 0.2) is 0 Å². The molecule has 1 aliphatic rings. The van der Waals surface area contributed by atoms with E-state index in [0.717, 1.165) is 0 Å². The second-order valence-electron chi connectivity index (χ2n) is 6.33. The van der Waals surface area contributed by atoms with Crippen LogP contribution in [0.3, 0.4) is 0 Å². The first-order valence-electron chi connectivity index (χ1n) is 8.05. The van der Waals surface area contributed by atoms with E-state index in [0.29, 0.717) is 24.5 Å². The number of aryl methyl sites for hydroxylation is 2. The van der Waals surface area contributed by atoms with Crippen LogP contribution in [0.25, 0.3) is 0 Å². The number of amides is 1. The molecule has 24 heavy (non-hydrogen) atoms. The molecule has 1 saturated heterocycles. The minimum absolute atomic E-state index is 0.00455. The second kappa shape index (κ2) is 7.20. The molecule has 1 amide bonds. The van der Waals surface area contributed by atoms with Crippen molar-refractivity contribution in [2.45, 2.75) is 51.2 Å². The van der Waals surface area contributed by atoms with Crippen LogP contribution in [0.5, 0.6) is 0 Å². The van der Waals surface area contributed by atoms with Crippen LogP contribution in [0, 0.1) is 13.8 Å². The zero-order chi connectivity index (χ0) is 18.1. The maximum absolute atomic E-state index is 12.4. The lowest BCUT2D eigenvalue weighted by Gasteiger charge is -2.35. The lowest BCUT2D eigenvalue weighted by molar-refractivity contribution is -0.143. The number of morpholine rings is 1. The van der Waals surface area contributed by atoms with E-state index in [-0.39, 0.29) is 36.0 Å². The van der Waals surface area contributed by atoms with Crippen LogP contribution in [0.2, 0.25) is 0 Å². The molecule has 2 unspecified atom stereocenters. The quantitative estimate of drug-likeness (QED) is 0.819. The summed E-state index contributed by atoms with van der Waals surface area (Å²) in [4.78, 5) is 14.2. The number of nitrogens with one attached hydrogen (secondary N) is 1. The molecule has 0 aliphatic carbocycles. The smallest absolute Gasteiger partial charge is 0.244 e. The Labute approximate surface area is 143 Å². The average molecular weight is 358 g/mol. The Hall–Kier alpha value is -1.45. The van der Waals surface area contributed by atoms with Crippen molar-refractivity contribution < 1.29 is 17.9 Å². The summed E-state index contributed by atoms with van der Waals surface area (Å²) in [5.74, 6) is -0.0701. The summed E-state index contributed by atoms with van der Waals surface area (Å²) < 4.78 is 34.5. The fraction of sp³-hybridized carbons (Fsp3) is 0.733. The zero-order valence-electron chi connectivity index (χ0n) is 14.9. The third kappa shape index (κ3) is 4.14. The van der Waals surface area contributed by atoms with Gasteiger partial charge in [-0.25, -0.2) is 13.1 Å². The van der Waals surface area contributed by atoms with E-state index in [4.69, 9.17) is 4.74 Å². The van der Waals surface area contributed by atoms with Crippen LogP contribution in [0.1, 0.15) is 31.7 Å². The Morgan fingerprint density at radius 1 is 1.29 bits per heavy atom. The maximum Gasteiger partial charge on any atom is 0.244 e. The molecule has 1 aromatic heterocycles. The van der Waals surface area contributed by atoms with Crippen molar-refractivity contribution in [1.82, 2.24) is 19.4 Å². The lowest BCUT2D eigenvalue weighted by Crippen LogP contribution is -2.48. The van der Waals surface area contributed by atoms with Crippen molar-refractivity contribution in [2.75, 3.05) is 19.6 Å². The highest BCUT2D eigenvalue weighted by atomic mass is 32.2. The summed E-state index contributed by atoms with van der Waals surface area (Å²) in [6.45, 7) is 8.35. The minimum Gasteiger partial charge on any atom is -0.372 e. The van der Waals surface area contributed by atoms with E-state index < -0.39 is 10.0 Å². The van der Waals surface area contributed by atoms with Crippen LogP contribution in [-0.4, -0.2) is 60.8 Å². The average Bonchev–Trinajstić information content (AvgIpc) is 2.71. The molecule has 2 atom stereocenters. The van der Waals surface area contributed by atoms with Gasteiger partial charge in [0.1, 0.15) is 4.90 Å². The predicted molar refractivity (Wildman–Crippen MR) is 89.1 cm³/mol. The number of ether oxygens (including phenoxy) is 1. The van der Waals surface area contributed by atoms with Crippen LogP contribution in [0.4, 0.5) is 0 Å². The summed E-state index contributed by atoms with van der Waals surface area (Å²) in [7, 11) is -1.98. The fourth-order valence-electron chi connectivity index (χ4n) is 3.05.